The third-order valence-electron chi connectivity index (χ3n) is 2.22. The van der Waals surface area contributed by atoms with Gasteiger partial charge in [-0.1, -0.05) is 15.9 Å². The fourth-order valence-electron chi connectivity index (χ4n) is 1.17. The number of amides is 1. The molecule has 0 atom stereocenters. The molecule has 0 unspecified atom stereocenters. The number of nitrogens with one attached hydrogen (secondary N) is 1. The molecular weight excluding hydrogens is 270 g/mol. The highest BCUT2D eigenvalue weighted by atomic mass is 79.9. The molecular formula is C12H16BrNO2. The van der Waals surface area contributed by atoms with Crippen LogP contribution in [0.15, 0.2) is 18.2 Å². The minimum absolute atomic E-state index is 0.0687. The lowest BCUT2D eigenvalue weighted by Crippen LogP contribution is -2.31. The number of aryl methyl sites for hydroxylation is 1. The first-order chi connectivity index (χ1) is 7.34. The number of carbonyl (C=O) groups excluding carboxylic acids is 1. The van der Waals surface area contributed by atoms with Crippen LogP contribution < -0.4 is 10.1 Å². The van der Waals surface area contributed by atoms with Crippen molar-refractivity contribution >= 4 is 27.5 Å². The Morgan fingerprint density at radius 2 is 2.06 bits per heavy atom. The maximum absolute atomic E-state index is 11.8. The van der Waals surface area contributed by atoms with E-state index in [9.17, 15) is 4.79 Å². The van der Waals surface area contributed by atoms with Gasteiger partial charge in [0.2, 0.25) is 5.91 Å². The Bertz CT molecular complexity index is 396. The lowest BCUT2D eigenvalue weighted by Gasteiger charge is -2.17. The molecule has 0 aliphatic rings. The third-order valence-corrected chi connectivity index (χ3v) is 2.58. The van der Waals surface area contributed by atoms with E-state index in [0.29, 0.717) is 0 Å². The van der Waals surface area contributed by atoms with Crippen LogP contribution in [0.2, 0.25) is 0 Å². The first-order valence-corrected chi connectivity index (χ1v) is 5.79. The second-order valence-corrected chi connectivity index (χ2v) is 6.09. The normalized spacial score (nSPS) is 11.1. The van der Waals surface area contributed by atoms with Crippen molar-refractivity contribution in [3.8, 4) is 5.75 Å². The Labute approximate surface area is 104 Å². The van der Waals surface area contributed by atoms with E-state index in [-0.39, 0.29) is 5.91 Å². The van der Waals surface area contributed by atoms with Crippen molar-refractivity contribution in [2.45, 2.75) is 25.1 Å². The van der Waals surface area contributed by atoms with E-state index in [1.165, 1.54) is 0 Å². The first kappa shape index (κ1) is 13.0. The number of carbonyl (C=O) groups is 1. The zero-order valence-electron chi connectivity index (χ0n) is 9.93. The number of ether oxygens (including phenoxy) is 1. The maximum atomic E-state index is 11.8. The largest absolute Gasteiger partial charge is 0.497 e. The van der Waals surface area contributed by atoms with Gasteiger partial charge in [0.1, 0.15) is 5.75 Å². The van der Waals surface area contributed by atoms with Gasteiger partial charge in [-0.3, -0.25) is 4.79 Å². The van der Waals surface area contributed by atoms with Gasteiger partial charge in [0, 0.05) is 5.69 Å². The average molecular weight is 286 g/mol. The number of benzene rings is 1. The van der Waals surface area contributed by atoms with Crippen molar-refractivity contribution in [1.29, 1.82) is 0 Å². The Hall–Kier alpha value is -1.03. The predicted octanol–water partition coefficient (Wildman–Crippen LogP) is 3.12. The number of anilines is 1. The summed E-state index contributed by atoms with van der Waals surface area (Å²) in [6.45, 7) is 5.54. The molecule has 1 aromatic carbocycles. The quantitative estimate of drug-likeness (QED) is 0.867. The van der Waals surface area contributed by atoms with Crippen molar-refractivity contribution in [3.05, 3.63) is 23.8 Å². The Kier molecular flexibility index (Phi) is 3.97. The van der Waals surface area contributed by atoms with E-state index in [1.54, 1.807) is 21.0 Å². The molecule has 1 N–H and O–H groups in total. The third kappa shape index (κ3) is 3.23. The number of alkyl halides is 1. The topological polar surface area (TPSA) is 38.3 Å². The van der Waals surface area contributed by atoms with Gasteiger partial charge < -0.3 is 10.1 Å². The average Bonchev–Trinajstić information content (AvgIpc) is 2.19. The monoisotopic (exact) mass is 285 g/mol. The van der Waals surface area contributed by atoms with Crippen LogP contribution >= 0.6 is 15.9 Å². The second-order valence-electron chi connectivity index (χ2n) is 4.11. The van der Waals surface area contributed by atoms with Gasteiger partial charge in [0.15, 0.2) is 0 Å². The van der Waals surface area contributed by atoms with Crippen LogP contribution in [0, 0.1) is 6.92 Å². The lowest BCUT2D eigenvalue weighted by molar-refractivity contribution is -0.117. The van der Waals surface area contributed by atoms with Crippen LogP contribution in [0.25, 0.3) is 0 Å². The number of hydrogen-bond acceptors (Lipinski definition) is 2. The Morgan fingerprint density at radius 1 is 1.44 bits per heavy atom. The molecule has 4 heteroatoms. The molecule has 0 spiro atoms. The van der Waals surface area contributed by atoms with Crippen LogP contribution in [0.3, 0.4) is 0 Å². The summed E-state index contributed by atoms with van der Waals surface area (Å²) in [5.41, 5.74) is 1.78. The van der Waals surface area contributed by atoms with Crippen molar-refractivity contribution in [3.63, 3.8) is 0 Å². The highest BCUT2D eigenvalue weighted by Gasteiger charge is 2.23. The van der Waals surface area contributed by atoms with Gasteiger partial charge in [-0.15, -0.1) is 0 Å². The van der Waals surface area contributed by atoms with E-state index in [1.807, 2.05) is 25.1 Å². The number of halogens is 1. The van der Waals surface area contributed by atoms with E-state index in [4.69, 9.17) is 4.74 Å². The van der Waals surface area contributed by atoms with Crippen LogP contribution in [0.5, 0.6) is 5.75 Å². The summed E-state index contributed by atoms with van der Waals surface area (Å²) in [5, 5.41) is 2.86. The van der Waals surface area contributed by atoms with E-state index in [0.717, 1.165) is 17.0 Å². The molecule has 0 heterocycles. The zero-order chi connectivity index (χ0) is 12.3. The number of methoxy groups -OCH3 is 1. The van der Waals surface area contributed by atoms with E-state index >= 15 is 0 Å². The van der Waals surface area contributed by atoms with E-state index in [2.05, 4.69) is 21.2 Å². The van der Waals surface area contributed by atoms with E-state index < -0.39 is 4.32 Å². The van der Waals surface area contributed by atoms with Crippen molar-refractivity contribution < 1.29 is 9.53 Å². The molecule has 0 saturated heterocycles. The molecule has 0 aliphatic heterocycles. The minimum atomic E-state index is -0.570. The Balaban J connectivity index is 2.87. The van der Waals surface area contributed by atoms with Crippen LogP contribution in [0.1, 0.15) is 19.4 Å². The summed E-state index contributed by atoms with van der Waals surface area (Å²) < 4.78 is 4.53. The molecule has 0 fully saturated rings. The number of hydrogen-bond donors (Lipinski definition) is 1. The van der Waals surface area contributed by atoms with Gasteiger partial charge in [0.25, 0.3) is 0 Å². The SMILES string of the molecule is COc1ccc(NC(=O)C(C)(C)Br)c(C)c1. The van der Waals surface area contributed by atoms with Gasteiger partial charge in [-0.25, -0.2) is 0 Å². The van der Waals surface area contributed by atoms with Gasteiger partial charge >= 0.3 is 0 Å². The fourth-order valence-corrected chi connectivity index (χ4v) is 1.27. The maximum Gasteiger partial charge on any atom is 0.240 e. The molecule has 0 aromatic heterocycles. The molecule has 1 amide bonds. The molecule has 16 heavy (non-hydrogen) atoms. The molecule has 88 valence electrons. The summed E-state index contributed by atoms with van der Waals surface area (Å²) in [7, 11) is 1.62. The van der Waals surface area contributed by atoms with Crippen molar-refractivity contribution in [1.82, 2.24) is 0 Å². The lowest BCUT2D eigenvalue weighted by atomic mass is 10.1. The predicted molar refractivity (Wildman–Crippen MR) is 69.4 cm³/mol. The van der Waals surface area contributed by atoms with Crippen molar-refractivity contribution in [2.24, 2.45) is 0 Å². The molecule has 1 aromatic rings. The molecule has 1 rings (SSSR count). The van der Waals surface area contributed by atoms with Crippen LogP contribution in [-0.4, -0.2) is 17.3 Å². The number of rotatable bonds is 3. The molecule has 0 saturated carbocycles. The summed E-state index contributed by atoms with van der Waals surface area (Å²) in [4.78, 5) is 11.8. The highest BCUT2D eigenvalue weighted by molar-refractivity contribution is 9.10. The standard InChI is InChI=1S/C12H16BrNO2/c1-8-7-9(16-4)5-6-10(8)14-11(15)12(2,3)13/h5-7H,1-4H3,(H,14,15). The molecule has 0 aliphatic carbocycles. The molecule has 0 bridgehead atoms. The first-order valence-electron chi connectivity index (χ1n) is 4.99. The molecule has 3 nitrogen and oxygen atoms in total. The summed E-state index contributed by atoms with van der Waals surface area (Å²) in [5.74, 6) is 0.717. The van der Waals surface area contributed by atoms with Gasteiger partial charge in [-0.2, -0.15) is 0 Å². The zero-order valence-corrected chi connectivity index (χ0v) is 11.5. The fraction of sp³-hybridized carbons (Fsp3) is 0.417. The van der Waals surface area contributed by atoms with Crippen LogP contribution in [0.4, 0.5) is 5.69 Å². The highest BCUT2D eigenvalue weighted by Crippen LogP contribution is 2.24. The van der Waals surface area contributed by atoms with Crippen LogP contribution in [-0.2, 0) is 4.79 Å². The smallest absolute Gasteiger partial charge is 0.240 e. The summed E-state index contributed by atoms with van der Waals surface area (Å²) in [6, 6.07) is 5.55. The Morgan fingerprint density at radius 3 is 2.50 bits per heavy atom. The second kappa shape index (κ2) is 4.87. The minimum Gasteiger partial charge on any atom is -0.497 e. The van der Waals surface area contributed by atoms with Crippen molar-refractivity contribution in [2.75, 3.05) is 12.4 Å². The summed E-state index contributed by atoms with van der Waals surface area (Å²) in [6.07, 6.45) is 0. The summed E-state index contributed by atoms with van der Waals surface area (Å²) >= 11 is 3.32. The molecule has 0 radical (unpaired) electrons. The van der Waals surface area contributed by atoms with Gasteiger partial charge in [-0.05, 0) is 44.5 Å². The van der Waals surface area contributed by atoms with Gasteiger partial charge in [0.05, 0.1) is 11.4 Å².